The molecule has 3 amide bonds. The van der Waals surface area contributed by atoms with Crippen molar-refractivity contribution in [2.75, 3.05) is 38.0 Å². The lowest BCUT2D eigenvalue weighted by Crippen LogP contribution is -2.43. The molecule has 8 heteroatoms. The third kappa shape index (κ3) is 4.32. The van der Waals surface area contributed by atoms with Crippen LogP contribution >= 0.6 is 0 Å². The van der Waals surface area contributed by atoms with Crippen LogP contribution in [0.3, 0.4) is 0 Å². The number of ether oxygens (including phenoxy) is 1. The summed E-state index contributed by atoms with van der Waals surface area (Å²) in [6.07, 6.45) is 5.49. The Morgan fingerprint density at radius 2 is 2.28 bits per heavy atom. The van der Waals surface area contributed by atoms with E-state index in [1.165, 1.54) is 0 Å². The Balaban J connectivity index is 1.41. The van der Waals surface area contributed by atoms with Crippen molar-refractivity contribution in [2.24, 2.45) is 0 Å². The maximum atomic E-state index is 12.4. The number of hydrogen-bond acceptors (Lipinski definition) is 5. The Morgan fingerprint density at radius 3 is 3.04 bits per heavy atom. The molecular formula is C17H25N5O3. The van der Waals surface area contributed by atoms with Crippen LogP contribution < -0.4 is 16.0 Å². The monoisotopic (exact) mass is 347 g/mol. The zero-order chi connectivity index (χ0) is 17.7. The summed E-state index contributed by atoms with van der Waals surface area (Å²) in [5, 5.41) is 8.95. The van der Waals surface area contributed by atoms with Crippen molar-refractivity contribution in [2.45, 2.75) is 31.8 Å². The SMILES string of the molecule is Cc1cnccc1NCCNC(=O)N1CCC[C@@]2(CC1)CNC(=O)O2. The number of alkyl carbamates (subject to hydrolysis) is 1. The van der Waals surface area contributed by atoms with E-state index in [0.29, 0.717) is 39.1 Å². The van der Waals surface area contributed by atoms with Crippen molar-refractivity contribution < 1.29 is 14.3 Å². The largest absolute Gasteiger partial charge is 0.441 e. The highest BCUT2D eigenvalue weighted by Crippen LogP contribution is 2.29. The second-order valence-corrected chi connectivity index (χ2v) is 6.62. The van der Waals surface area contributed by atoms with Gasteiger partial charge in [0.25, 0.3) is 0 Å². The van der Waals surface area contributed by atoms with E-state index < -0.39 is 5.60 Å². The van der Waals surface area contributed by atoms with Gasteiger partial charge in [-0.15, -0.1) is 0 Å². The van der Waals surface area contributed by atoms with E-state index in [1.54, 1.807) is 17.3 Å². The van der Waals surface area contributed by atoms with Gasteiger partial charge in [-0.2, -0.15) is 0 Å². The third-order valence-corrected chi connectivity index (χ3v) is 4.79. The first-order valence-electron chi connectivity index (χ1n) is 8.72. The number of urea groups is 1. The molecule has 0 radical (unpaired) electrons. The molecule has 1 aromatic heterocycles. The molecule has 2 aliphatic rings. The van der Waals surface area contributed by atoms with Crippen LogP contribution in [0.5, 0.6) is 0 Å². The van der Waals surface area contributed by atoms with Gasteiger partial charge >= 0.3 is 12.1 Å². The number of rotatable bonds is 4. The van der Waals surface area contributed by atoms with E-state index in [-0.39, 0.29) is 12.1 Å². The first kappa shape index (κ1) is 17.3. The summed E-state index contributed by atoms with van der Waals surface area (Å²) >= 11 is 0. The average Bonchev–Trinajstić information content (AvgIpc) is 2.84. The smallest absolute Gasteiger partial charge is 0.407 e. The van der Waals surface area contributed by atoms with Crippen molar-refractivity contribution in [3.05, 3.63) is 24.0 Å². The first-order valence-corrected chi connectivity index (χ1v) is 8.72. The second-order valence-electron chi connectivity index (χ2n) is 6.62. The van der Waals surface area contributed by atoms with Gasteiger partial charge in [-0.05, 0) is 31.4 Å². The molecular weight excluding hydrogens is 322 g/mol. The highest BCUT2D eigenvalue weighted by atomic mass is 16.6. The minimum atomic E-state index is -0.438. The fraction of sp³-hybridized carbons (Fsp3) is 0.588. The van der Waals surface area contributed by atoms with Gasteiger partial charge in [0, 0.05) is 50.7 Å². The third-order valence-electron chi connectivity index (χ3n) is 4.79. The van der Waals surface area contributed by atoms with Gasteiger partial charge in [0.15, 0.2) is 0 Å². The molecule has 3 N–H and O–H groups in total. The molecule has 3 heterocycles. The first-order chi connectivity index (χ1) is 12.1. The summed E-state index contributed by atoms with van der Waals surface area (Å²) in [6.45, 7) is 5.00. The standard InChI is InChI=1S/C17H25N5O3/c1-13-11-18-6-3-14(13)19-7-8-20-15(23)22-9-2-4-17(5-10-22)12-21-16(24)25-17/h3,6,11H,2,4-5,7-10,12H2,1H3,(H,18,19)(H,20,23)(H,21,24)/t17-/m1/s1. The summed E-state index contributed by atoms with van der Waals surface area (Å²) in [4.78, 5) is 29.5. The summed E-state index contributed by atoms with van der Waals surface area (Å²) in [5.41, 5.74) is 1.66. The minimum absolute atomic E-state index is 0.0671. The Kier molecular flexibility index (Phi) is 5.25. The highest BCUT2D eigenvalue weighted by molar-refractivity contribution is 5.74. The predicted octanol–water partition coefficient (Wildman–Crippen LogP) is 1.48. The number of nitrogens with one attached hydrogen (secondary N) is 3. The molecule has 2 aliphatic heterocycles. The van der Waals surface area contributed by atoms with Crippen molar-refractivity contribution in [3.8, 4) is 0 Å². The molecule has 1 atom stereocenters. The molecule has 1 spiro atoms. The van der Waals surface area contributed by atoms with Crippen molar-refractivity contribution in [1.82, 2.24) is 20.5 Å². The highest BCUT2D eigenvalue weighted by Gasteiger charge is 2.41. The molecule has 0 aliphatic carbocycles. The van der Waals surface area contributed by atoms with Gasteiger partial charge in [-0.1, -0.05) is 0 Å². The fourth-order valence-corrected chi connectivity index (χ4v) is 3.30. The Hall–Kier alpha value is -2.51. The van der Waals surface area contributed by atoms with Crippen LogP contribution in [-0.4, -0.2) is 60.3 Å². The summed E-state index contributed by atoms with van der Waals surface area (Å²) in [7, 11) is 0. The Bertz CT molecular complexity index is 638. The van der Waals surface area contributed by atoms with Crippen molar-refractivity contribution in [3.63, 3.8) is 0 Å². The molecule has 8 nitrogen and oxygen atoms in total. The number of carbonyl (C=O) groups is 2. The zero-order valence-corrected chi connectivity index (χ0v) is 14.5. The van der Waals surface area contributed by atoms with E-state index >= 15 is 0 Å². The maximum absolute atomic E-state index is 12.4. The lowest BCUT2D eigenvalue weighted by atomic mass is 9.95. The van der Waals surface area contributed by atoms with E-state index in [4.69, 9.17) is 4.74 Å². The summed E-state index contributed by atoms with van der Waals surface area (Å²) in [6, 6.07) is 1.85. The van der Waals surface area contributed by atoms with Gasteiger partial charge in [0.2, 0.25) is 0 Å². The van der Waals surface area contributed by atoms with Crippen LogP contribution in [0.25, 0.3) is 0 Å². The number of nitrogens with zero attached hydrogens (tertiary/aromatic N) is 2. The molecule has 1 aromatic rings. The van der Waals surface area contributed by atoms with Crippen LogP contribution in [0.2, 0.25) is 0 Å². The molecule has 3 rings (SSSR count). The number of pyridine rings is 1. The number of anilines is 1. The van der Waals surface area contributed by atoms with Crippen molar-refractivity contribution in [1.29, 1.82) is 0 Å². The summed E-state index contributed by atoms with van der Waals surface area (Å²) in [5.74, 6) is 0. The number of aromatic nitrogens is 1. The zero-order valence-electron chi connectivity index (χ0n) is 14.5. The van der Waals surface area contributed by atoms with Gasteiger partial charge in [0.1, 0.15) is 5.60 Å². The molecule has 0 aromatic carbocycles. The van der Waals surface area contributed by atoms with Crippen LogP contribution in [0, 0.1) is 6.92 Å². The van der Waals surface area contributed by atoms with Crippen LogP contribution in [-0.2, 0) is 4.74 Å². The van der Waals surface area contributed by atoms with E-state index in [0.717, 1.165) is 24.1 Å². The van der Waals surface area contributed by atoms with Gasteiger partial charge in [0.05, 0.1) is 6.54 Å². The second kappa shape index (κ2) is 7.58. The molecule has 0 saturated carbocycles. The number of amides is 3. The number of carbonyl (C=O) groups excluding carboxylic acids is 2. The van der Waals surface area contributed by atoms with E-state index in [9.17, 15) is 9.59 Å². The molecule has 0 bridgehead atoms. The molecule has 2 fully saturated rings. The normalized spacial score (nSPS) is 22.9. The lowest BCUT2D eigenvalue weighted by Gasteiger charge is -2.25. The van der Waals surface area contributed by atoms with Crippen LogP contribution in [0.1, 0.15) is 24.8 Å². The predicted molar refractivity (Wildman–Crippen MR) is 93.5 cm³/mol. The quantitative estimate of drug-likeness (QED) is 0.717. The summed E-state index contributed by atoms with van der Waals surface area (Å²) < 4.78 is 5.43. The molecule has 25 heavy (non-hydrogen) atoms. The molecule has 136 valence electrons. The maximum Gasteiger partial charge on any atom is 0.407 e. The lowest BCUT2D eigenvalue weighted by molar-refractivity contribution is 0.0453. The van der Waals surface area contributed by atoms with Crippen LogP contribution in [0.15, 0.2) is 18.5 Å². The van der Waals surface area contributed by atoms with Gasteiger partial charge < -0.3 is 25.6 Å². The van der Waals surface area contributed by atoms with Crippen LogP contribution in [0.4, 0.5) is 15.3 Å². The number of hydrogen-bond donors (Lipinski definition) is 3. The van der Waals surface area contributed by atoms with Gasteiger partial charge in [-0.25, -0.2) is 9.59 Å². The Labute approximate surface area is 147 Å². The van der Waals surface area contributed by atoms with Crippen molar-refractivity contribution >= 4 is 17.8 Å². The Morgan fingerprint density at radius 1 is 1.40 bits per heavy atom. The minimum Gasteiger partial charge on any atom is -0.441 e. The van der Waals surface area contributed by atoms with E-state index in [1.807, 2.05) is 13.0 Å². The topological polar surface area (TPSA) is 95.6 Å². The average molecular weight is 347 g/mol. The fourth-order valence-electron chi connectivity index (χ4n) is 3.30. The van der Waals surface area contributed by atoms with E-state index in [2.05, 4.69) is 20.9 Å². The van der Waals surface area contributed by atoms with Gasteiger partial charge in [-0.3, -0.25) is 4.98 Å². The number of aryl methyl sites for hydroxylation is 1. The molecule has 2 saturated heterocycles. The molecule has 0 unspecified atom stereocenters. The number of likely N-dealkylation sites (tertiary alicyclic amines) is 1.